The lowest BCUT2D eigenvalue weighted by molar-refractivity contribution is 0.137. The number of amides is 2. The summed E-state index contributed by atoms with van der Waals surface area (Å²) < 4.78 is 19.2. The third-order valence-electron chi connectivity index (χ3n) is 5.18. The minimum Gasteiger partial charge on any atom is -0.440 e. The molecule has 7 nitrogen and oxygen atoms in total. The largest absolute Gasteiger partial charge is 0.440 e. The third-order valence-corrected chi connectivity index (χ3v) is 5.18. The van der Waals surface area contributed by atoms with Crippen molar-refractivity contribution in [3.63, 3.8) is 0 Å². The highest BCUT2D eigenvalue weighted by atomic mass is 19.1. The van der Waals surface area contributed by atoms with E-state index in [0.717, 1.165) is 49.5 Å². The van der Waals surface area contributed by atoms with Crippen LogP contribution in [0.3, 0.4) is 0 Å². The number of halogens is 1. The van der Waals surface area contributed by atoms with Crippen molar-refractivity contribution < 1.29 is 13.6 Å². The van der Waals surface area contributed by atoms with E-state index in [9.17, 15) is 9.18 Å². The predicted molar refractivity (Wildman–Crippen MR) is 110 cm³/mol. The highest BCUT2D eigenvalue weighted by Crippen LogP contribution is 2.23. The zero-order valence-electron chi connectivity index (χ0n) is 17.2. The molecule has 158 valence electrons. The maximum Gasteiger partial charge on any atom is 0.314 e. The summed E-state index contributed by atoms with van der Waals surface area (Å²) in [4.78, 5) is 19.9. The number of nitrogens with two attached hydrogens (primary N) is 1. The summed E-state index contributed by atoms with van der Waals surface area (Å²) >= 11 is 0. The molecule has 1 atom stereocenters. The van der Waals surface area contributed by atoms with Crippen LogP contribution in [0, 0.1) is 5.82 Å². The molecule has 1 aromatic carbocycles. The van der Waals surface area contributed by atoms with Gasteiger partial charge in [0.25, 0.3) is 0 Å². The Morgan fingerprint density at radius 3 is 2.59 bits per heavy atom. The Balaban J connectivity index is 1.56. The second kappa shape index (κ2) is 9.84. The van der Waals surface area contributed by atoms with Gasteiger partial charge in [-0.05, 0) is 37.6 Å². The molecule has 2 amide bonds. The number of carbonyl (C=O) groups excluding carboxylic acids is 1. The van der Waals surface area contributed by atoms with Crippen molar-refractivity contribution in [1.29, 1.82) is 0 Å². The molecule has 2 heterocycles. The van der Waals surface area contributed by atoms with Gasteiger partial charge in [0, 0.05) is 44.3 Å². The molecule has 0 saturated carbocycles. The maximum absolute atomic E-state index is 13.2. The fraction of sp³-hybridized carbons (Fsp3) is 0.524. The van der Waals surface area contributed by atoms with Gasteiger partial charge in [-0.15, -0.1) is 0 Å². The summed E-state index contributed by atoms with van der Waals surface area (Å²) in [6.07, 6.45) is 1.81. The first-order chi connectivity index (χ1) is 14.0. The molecule has 3 rings (SSSR count). The van der Waals surface area contributed by atoms with Crippen LogP contribution in [0.15, 0.2) is 28.7 Å². The van der Waals surface area contributed by atoms with E-state index in [1.807, 2.05) is 0 Å². The van der Waals surface area contributed by atoms with Gasteiger partial charge in [0.2, 0.25) is 5.89 Å². The first kappa shape index (κ1) is 21.3. The van der Waals surface area contributed by atoms with Gasteiger partial charge in [-0.3, -0.25) is 4.90 Å². The van der Waals surface area contributed by atoms with E-state index in [2.05, 4.69) is 29.0 Å². The number of primary amides is 1. The van der Waals surface area contributed by atoms with Gasteiger partial charge in [0.1, 0.15) is 11.6 Å². The molecule has 0 radical (unpaired) electrons. The Morgan fingerprint density at radius 1 is 1.28 bits per heavy atom. The average Bonchev–Trinajstić information content (AvgIpc) is 3.10. The molecule has 8 heteroatoms. The third kappa shape index (κ3) is 5.77. The second-order valence-electron chi connectivity index (χ2n) is 7.55. The smallest absolute Gasteiger partial charge is 0.314 e. The first-order valence-corrected chi connectivity index (χ1v) is 10.2. The summed E-state index contributed by atoms with van der Waals surface area (Å²) in [7, 11) is 0. The molecule has 2 aromatic rings. The molecule has 0 spiro atoms. The fourth-order valence-electron chi connectivity index (χ4n) is 3.54. The monoisotopic (exact) mass is 403 g/mol. The molecule has 29 heavy (non-hydrogen) atoms. The van der Waals surface area contributed by atoms with Gasteiger partial charge in [-0.2, -0.15) is 0 Å². The minimum absolute atomic E-state index is 0.254. The van der Waals surface area contributed by atoms with E-state index in [0.29, 0.717) is 25.5 Å². The molecule has 1 aliphatic heterocycles. The highest BCUT2D eigenvalue weighted by molar-refractivity contribution is 5.72. The topological polar surface area (TPSA) is 87.6 Å². The molecule has 3 N–H and O–H groups in total. The molecule has 1 unspecified atom stereocenters. The van der Waals surface area contributed by atoms with E-state index < -0.39 is 0 Å². The van der Waals surface area contributed by atoms with Gasteiger partial charge in [0.05, 0.1) is 12.2 Å². The lowest BCUT2D eigenvalue weighted by atomic mass is 10.2. The second-order valence-corrected chi connectivity index (χ2v) is 7.55. The molecule has 0 bridgehead atoms. The van der Waals surface area contributed by atoms with Crippen LogP contribution in [-0.4, -0.2) is 59.6 Å². The summed E-state index contributed by atoms with van der Waals surface area (Å²) in [6.45, 7) is 8.72. The van der Waals surface area contributed by atoms with Crippen molar-refractivity contribution in [1.82, 2.24) is 20.1 Å². The van der Waals surface area contributed by atoms with Crippen LogP contribution in [0.5, 0.6) is 0 Å². The van der Waals surface area contributed by atoms with Crippen LogP contribution in [0.4, 0.5) is 9.18 Å². The van der Waals surface area contributed by atoms with Gasteiger partial charge in [0.15, 0.2) is 0 Å². The average molecular weight is 404 g/mol. The molecule has 0 aliphatic carbocycles. The molecule has 1 aromatic heterocycles. The Kier molecular flexibility index (Phi) is 7.22. The van der Waals surface area contributed by atoms with E-state index in [1.165, 1.54) is 12.1 Å². The summed E-state index contributed by atoms with van der Waals surface area (Å²) in [5.74, 6) is 1.08. The van der Waals surface area contributed by atoms with Crippen molar-refractivity contribution >= 4 is 6.03 Å². The van der Waals surface area contributed by atoms with Crippen molar-refractivity contribution in [2.24, 2.45) is 5.73 Å². The van der Waals surface area contributed by atoms with Gasteiger partial charge < -0.3 is 20.4 Å². The van der Waals surface area contributed by atoms with Crippen LogP contribution in [0.1, 0.15) is 31.7 Å². The van der Waals surface area contributed by atoms with Gasteiger partial charge in [-0.1, -0.05) is 13.3 Å². The van der Waals surface area contributed by atoms with E-state index in [4.69, 9.17) is 10.2 Å². The van der Waals surface area contributed by atoms with E-state index in [1.54, 1.807) is 17.0 Å². The number of aromatic nitrogens is 1. The standard InChI is InChI=1S/C21H30FN5O2/c1-3-4-18-19(29-20(25-18)16-5-7-17(22)8-6-16)13-24-15(2)14-26-9-11-27(12-10-26)21(23)28/h5-8,15,24H,3-4,9-14H2,1-2H3,(H2,23,28). The number of urea groups is 1. The van der Waals surface area contributed by atoms with Gasteiger partial charge in [-0.25, -0.2) is 14.2 Å². The van der Waals surface area contributed by atoms with Crippen LogP contribution >= 0.6 is 0 Å². The Hall–Kier alpha value is -2.45. The Bertz CT molecular complexity index is 800. The molecule has 1 fully saturated rings. The Labute approximate surface area is 171 Å². The lowest BCUT2D eigenvalue weighted by Crippen LogP contribution is -2.52. The minimum atomic E-state index is -0.346. The summed E-state index contributed by atoms with van der Waals surface area (Å²) in [6, 6.07) is 6.10. The number of oxazole rings is 1. The quantitative estimate of drug-likeness (QED) is 0.707. The first-order valence-electron chi connectivity index (χ1n) is 10.2. The molecule has 1 aliphatic rings. The summed E-state index contributed by atoms with van der Waals surface area (Å²) in [5.41, 5.74) is 7.06. The number of nitrogens with one attached hydrogen (secondary N) is 1. The van der Waals surface area contributed by atoms with Crippen molar-refractivity contribution in [2.75, 3.05) is 32.7 Å². The molecule has 1 saturated heterocycles. The summed E-state index contributed by atoms with van der Waals surface area (Å²) in [5, 5.41) is 3.51. The zero-order valence-corrected chi connectivity index (χ0v) is 17.2. The molecular weight excluding hydrogens is 373 g/mol. The van der Waals surface area contributed by atoms with Crippen LogP contribution in [0.2, 0.25) is 0 Å². The number of benzene rings is 1. The van der Waals surface area contributed by atoms with Crippen molar-refractivity contribution in [3.8, 4) is 11.5 Å². The number of hydrogen-bond donors (Lipinski definition) is 2. The van der Waals surface area contributed by atoms with Crippen LogP contribution in [0.25, 0.3) is 11.5 Å². The van der Waals surface area contributed by atoms with E-state index in [-0.39, 0.29) is 17.9 Å². The fourth-order valence-corrected chi connectivity index (χ4v) is 3.54. The number of piperazine rings is 1. The van der Waals surface area contributed by atoms with Crippen molar-refractivity contribution in [3.05, 3.63) is 41.5 Å². The van der Waals surface area contributed by atoms with Gasteiger partial charge >= 0.3 is 6.03 Å². The highest BCUT2D eigenvalue weighted by Gasteiger charge is 2.21. The number of carbonyl (C=O) groups is 1. The van der Waals surface area contributed by atoms with Crippen LogP contribution in [-0.2, 0) is 13.0 Å². The zero-order chi connectivity index (χ0) is 20.8. The van der Waals surface area contributed by atoms with Crippen molar-refractivity contribution in [2.45, 2.75) is 39.3 Å². The maximum atomic E-state index is 13.2. The molecular formula is C21H30FN5O2. The predicted octanol–water partition coefficient (Wildman–Crippen LogP) is 2.61. The normalized spacial score (nSPS) is 16.2. The number of hydrogen-bond acceptors (Lipinski definition) is 5. The number of rotatable bonds is 8. The SMILES string of the molecule is CCCc1nc(-c2ccc(F)cc2)oc1CNC(C)CN1CCN(C(N)=O)CC1. The number of aryl methyl sites for hydroxylation is 1. The van der Waals surface area contributed by atoms with Crippen LogP contribution < -0.4 is 11.1 Å². The lowest BCUT2D eigenvalue weighted by Gasteiger charge is -2.35. The van der Waals surface area contributed by atoms with E-state index >= 15 is 0 Å². The number of nitrogens with zero attached hydrogens (tertiary/aromatic N) is 3. The Morgan fingerprint density at radius 2 is 1.97 bits per heavy atom.